The fourth-order valence-corrected chi connectivity index (χ4v) is 1.74. The monoisotopic (exact) mass is 347 g/mol. The molecule has 0 saturated heterocycles. The molecule has 0 unspecified atom stereocenters. The fraction of sp³-hybridized carbons (Fsp3) is 0.0769. The Balaban J connectivity index is 2.17. The highest BCUT2D eigenvalue weighted by atomic mass is 35.5. The van der Waals surface area contributed by atoms with Crippen LogP contribution in [0.5, 0.6) is 17.2 Å². The first-order chi connectivity index (χ1) is 10.7. The molecule has 0 atom stereocenters. The van der Waals surface area contributed by atoms with Gasteiger partial charge in [-0.25, -0.2) is 4.98 Å². The topological polar surface area (TPSA) is 98.0 Å². The zero-order chi connectivity index (χ0) is 17.2. The van der Waals surface area contributed by atoms with Gasteiger partial charge in [0.15, 0.2) is 17.3 Å². The maximum absolute atomic E-state index is 12.5. The second-order valence-corrected chi connectivity index (χ2v) is 4.70. The van der Waals surface area contributed by atoms with Gasteiger partial charge in [-0.3, -0.25) is 5.43 Å². The maximum atomic E-state index is 12.5. The number of pyridine rings is 1. The lowest BCUT2D eigenvalue weighted by Crippen LogP contribution is -2.06. The van der Waals surface area contributed by atoms with E-state index < -0.39 is 29.0 Å². The van der Waals surface area contributed by atoms with Gasteiger partial charge in [0.25, 0.3) is 0 Å². The van der Waals surface area contributed by atoms with Gasteiger partial charge in [-0.15, -0.1) is 0 Å². The zero-order valence-electron chi connectivity index (χ0n) is 11.1. The smallest absolute Gasteiger partial charge is 0.417 e. The Bertz CT molecular complexity index is 766. The van der Waals surface area contributed by atoms with Gasteiger partial charge < -0.3 is 15.3 Å². The number of rotatable bonds is 3. The van der Waals surface area contributed by atoms with Crippen LogP contribution in [-0.2, 0) is 6.18 Å². The van der Waals surface area contributed by atoms with Crippen LogP contribution in [0.4, 0.5) is 19.0 Å². The molecule has 6 nitrogen and oxygen atoms in total. The van der Waals surface area contributed by atoms with E-state index in [2.05, 4.69) is 15.5 Å². The molecule has 0 aliphatic heterocycles. The molecule has 2 rings (SSSR count). The van der Waals surface area contributed by atoms with Gasteiger partial charge in [0.05, 0.1) is 16.8 Å². The third kappa shape index (κ3) is 3.75. The Kier molecular flexibility index (Phi) is 4.50. The van der Waals surface area contributed by atoms with Crippen molar-refractivity contribution >= 4 is 23.6 Å². The van der Waals surface area contributed by atoms with Crippen LogP contribution in [0.2, 0.25) is 5.02 Å². The molecule has 0 spiro atoms. The molecule has 10 heteroatoms. The fourth-order valence-electron chi connectivity index (χ4n) is 1.53. The molecule has 0 radical (unpaired) electrons. The highest BCUT2D eigenvalue weighted by Crippen LogP contribution is 2.36. The van der Waals surface area contributed by atoms with E-state index in [9.17, 15) is 23.4 Å². The quantitative estimate of drug-likeness (QED) is 0.388. The first kappa shape index (κ1) is 16.7. The van der Waals surface area contributed by atoms with E-state index in [1.807, 2.05) is 0 Å². The van der Waals surface area contributed by atoms with Crippen LogP contribution in [0.1, 0.15) is 11.1 Å². The summed E-state index contributed by atoms with van der Waals surface area (Å²) in [5, 5.41) is 31.4. The second-order valence-electron chi connectivity index (χ2n) is 4.29. The van der Waals surface area contributed by atoms with Crippen LogP contribution in [0.3, 0.4) is 0 Å². The molecule has 0 aliphatic rings. The molecule has 122 valence electrons. The second kappa shape index (κ2) is 6.21. The number of hydrogen-bond donors (Lipinski definition) is 4. The SMILES string of the molecule is Oc1ccc(C=NNc2ncc(C(F)(F)F)cc2Cl)c(O)c1O. The van der Waals surface area contributed by atoms with Gasteiger partial charge in [0, 0.05) is 11.8 Å². The van der Waals surface area contributed by atoms with E-state index in [-0.39, 0.29) is 16.4 Å². The van der Waals surface area contributed by atoms with Crippen LogP contribution in [0, 0.1) is 0 Å². The van der Waals surface area contributed by atoms with Crippen LogP contribution in [0.25, 0.3) is 0 Å². The molecule has 1 aromatic carbocycles. The van der Waals surface area contributed by atoms with Gasteiger partial charge in [0.2, 0.25) is 5.75 Å². The minimum Gasteiger partial charge on any atom is -0.504 e. The van der Waals surface area contributed by atoms with E-state index >= 15 is 0 Å². The Morgan fingerprint density at radius 1 is 1.17 bits per heavy atom. The normalized spacial score (nSPS) is 11.8. The molecule has 2 aromatic rings. The number of anilines is 1. The third-order valence-electron chi connectivity index (χ3n) is 2.70. The van der Waals surface area contributed by atoms with Crippen LogP contribution < -0.4 is 5.43 Å². The van der Waals surface area contributed by atoms with Crippen molar-refractivity contribution < 1.29 is 28.5 Å². The lowest BCUT2D eigenvalue weighted by Gasteiger charge is -2.08. The Morgan fingerprint density at radius 2 is 1.87 bits per heavy atom. The van der Waals surface area contributed by atoms with Crippen molar-refractivity contribution in [3.05, 3.63) is 40.5 Å². The van der Waals surface area contributed by atoms with Crippen LogP contribution in [-0.4, -0.2) is 26.5 Å². The summed E-state index contributed by atoms with van der Waals surface area (Å²) in [5.74, 6) is -1.97. The molecule has 23 heavy (non-hydrogen) atoms. The Labute approximate surface area is 132 Å². The number of nitrogens with one attached hydrogen (secondary N) is 1. The number of nitrogens with zero attached hydrogens (tertiary/aromatic N) is 2. The van der Waals surface area contributed by atoms with Crippen LogP contribution in [0.15, 0.2) is 29.5 Å². The number of aromatic nitrogens is 1. The van der Waals surface area contributed by atoms with Crippen molar-refractivity contribution in [2.75, 3.05) is 5.43 Å². The Hall–Kier alpha value is -2.68. The number of alkyl halides is 3. The molecule has 0 fully saturated rings. The van der Waals surface area contributed by atoms with Gasteiger partial charge in [0.1, 0.15) is 0 Å². The molecular formula is C13H9ClF3N3O3. The zero-order valence-corrected chi connectivity index (χ0v) is 11.9. The maximum Gasteiger partial charge on any atom is 0.417 e. The predicted octanol–water partition coefficient (Wildman–Crippen LogP) is 3.32. The van der Waals surface area contributed by atoms with Crippen molar-refractivity contribution in [2.24, 2.45) is 5.10 Å². The summed E-state index contributed by atoms with van der Waals surface area (Å²) in [4.78, 5) is 3.50. The first-order valence-corrected chi connectivity index (χ1v) is 6.33. The number of hydrogen-bond acceptors (Lipinski definition) is 6. The molecular weight excluding hydrogens is 339 g/mol. The van der Waals surface area contributed by atoms with E-state index in [1.165, 1.54) is 6.07 Å². The minimum atomic E-state index is -4.56. The number of halogens is 4. The molecule has 0 aliphatic carbocycles. The molecule has 0 saturated carbocycles. The highest BCUT2D eigenvalue weighted by molar-refractivity contribution is 6.32. The van der Waals surface area contributed by atoms with Gasteiger partial charge in [-0.05, 0) is 18.2 Å². The number of aromatic hydroxyl groups is 3. The number of benzene rings is 1. The summed E-state index contributed by atoms with van der Waals surface area (Å²) < 4.78 is 37.4. The molecule has 0 bridgehead atoms. The molecule has 4 N–H and O–H groups in total. The van der Waals surface area contributed by atoms with Crippen LogP contribution >= 0.6 is 11.6 Å². The summed E-state index contributed by atoms with van der Waals surface area (Å²) in [6.07, 6.45) is -2.91. The predicted molar refractivity (Wildman–Crippen MR) is 76.9 cm³/mol. The summed E-state index contributed by atoms with van der Waals surface area (Å²) >= 11 is 5.67. The largest absolute Gasteiger partial charge is 0.504 e. The summed E-state index contributed by atoms with van der Waals surface area (Å²) in [5.41, 5.74) is 1.36. The Morgan fingerprint density at radius 3 is 2.48 bits per heavy atom. The van der Waals surface area contributed by atoms with Crippen molar-refractivity contribution in [3.8, 4) is 17.2 Å². The third-order valence-corrected chi connectivity index (χ3v) is 2.99. The standard InChI is InChI=1S/C13H9ClF3N3O3/c14-8-3-7(13(15,16)17)5-18-12(8)20-19-4-6-1-2-9(21)11(23)10(6)22/h1-5,21-23H,(H,18,20). The first-order valence-electron chi connectivity index (χ1n) is 5.96. The molecule has 1 heterocycles. The average molecular weight is 348 g/mol. The molecule has 0 amide bonds. The van der Waals surface area contributed by atoms with Crippen molar-refractivity contribution in [3.63, 3.8) is 0 Å². The summed E-state index contributed by atoms with van der Waals surface area (Å²) in [6.45, 7) is 0. The number of hydrazone groups is 1. The van der Waals surface area contributed by atoms with Gasteiger partial charge >= 0.3 is 6.18 Å². The van der Waals surface area contributed by atoms with Crippen molar-refractivity contribution in [1.82, 2.24) is 4.98 Å². The van der Waals surface area contributed by atoms with E-state index in [1.54, 1.807) is 0 Å². The number of phenols is 3. The van der Waals surface area contributed by atoms with Crippen molar-refractivity contribution in [1.29, 1.82) is 0 Å². The molecule has 1 aromatic heterocycles. The highest BCUT2D eigenvalue weighted by Gasteiger charge is 2.31. The lowest BCUT2D eigenvalue weighted by atomic mass is 10.2. The summed E-state index contributed by atoms with van der Waals surface area (Å²) in [7, 11) is 0. The van der Waals surface area contributed by atoms with Gasteiger partial charge in [-0.2, -0.15) is 18.3 Å². The van der Waals surface area contributed by atoms with Gasteiger partial charge in [-0.1, -0.05) is 11.6 Å². The van der Waals surface area contributed by atoms with Crippen molar-refractivity contribution in [2.45, 2.75) is 6.18 Å². The lowest BCUT2D eigenvalue weighted by molar-refractivity contribution is -0.137. The van der Waals surface area contributed by atoms with E-state index in [4.69, 9.17) is 16.7 Å². The number of phenolic OH excluding ortho intramolecular Hbond substituents is 3. The summed E-state index contributed by atoms with van der Waals surface area (Å²) in [6, 6.07) is 3.08. The average Bonchev–Trinajstić information content (AvgIpc) is 2.47. The minimum absolute atomic E-state index is 0.0517. The van der Waals surface area contributed by atoms with E-state index in [0.29, 0.717) is 12.3 Å². The van der Waals surface area contributed by atoms with E-state index in [0.717, 1.165) is 12.3 Å².